The Morgan fingerprint density at radius 2 is 2.14 bits per heavy atom. The molecule has 0 aliphatic heterocycles. The zero-order valence-electron chi connectivity index (χ0n) is 13.1. The molecule has 21 heavy (non-hydrogen) atoms. The van der Waals surface area contributed by atoms with Crippen molar-refractivity contribution < 1.29 is 14.6 Å². The van der Waals surface area contributed by atoms with Crippen LogP contribution in [0.4, 0.5) is 0 Å². The summed E-state index contributed by atoms with van der Waals surface area (Å²) in [5, 5.41) is 9.66. The second-order valence-electron chi connectivity index (χ2n) is 6.93. The fourth-order valence-electron chi connectivity index (χ4n) is 4.57. The van der Waals surface area contributed by atoms with Crippen molar-refractivity contribution in [2.24, 2.45) is 17.3 Å². The van der Waals surface area contributed by atoms with Crippen molar-refractivity contribution >= 4 is 5.97 Å². The summed E-state index contributed by atoms with van der Waals surface area (Å²) in [4.78, 5) is 12.2. The predicted molar refractivity (Wildman–Crippen MR) is 81.2 cm³/mol. The summed E-state index contributed by atoms with van der Waals surface area (Å²) in [6.07, 6.45) is 3.99. The topological polar surface area (TPSA) is 46.5 Å². The molecule has 3 rings (SSSR count). The molecule has 2 aliphatic carbocycles. The number of carbonyl (C=O) groups is 1. The van der Waals surface area contributed by atoms with E-state index in [0.717, 1.165) is 25.7 Å². The van der Waals surface area contributed by atoms with Crippen molar-refractivity contribution in [2.75, 3.05) is 7.11 Å². The third kappa shape index (κ3) is 2.14. The average Bonchev–Trinajstić information content (AvgIpc) is 2.49. The van der Waals surface area contributed by atoms with E-state index < -0.39 is 0 Å². The Labute approximate surface area is 126 Å². The van der Waals surface area contributed by atoms with Crippen molar-refractivity contribution in [1.82, 2.24) is 0 Å². The van der Waals surface area contributed by atoms with Gasteiger partial charge in [0.05, 0.1) is 12.5 Å². The molecule has 0 saturated heterocycles. The number of rotatable bonds is 1. The van der Waals surface area contributed by atoms with E-state index in [1.165, 1.54) is 18.2 Å². The van der Waals surface area contributed by atoms with Crippen LogP contribution >= 0.6 is 0 Å². The van der Waals surface area contributed by atoms with Gasteiger partial charge in [0.1, 0.15) is 5.75 Å². The van der Waals surface area contributed by atoms with Crippen LogP contribution in [-0.4, -0.2) is 18.2 Å². The van der Waals surface area contributed by atoms with Crippen LogP contribution in [0.15, 0.2) is 18.2 Å². The summed E-state index contributed by atoms with van der Waals surface area (Å²) in [5.41, 5.74) is 2.30. The molecular formula is C18H24O3. The van der Waals surface area contributed by atoms with Crippen molar-refractivity contribution in [3.63, 3.8) is 0 Å². The molecule has 3 unspecified atom stereocenters. The highest BCUT2D eigenvalue weighted by atomic mass is 16.5. The molecule has 0 amide bonds. The zero-order valence-corrected chi connectivity index (χ0v) is 13.1. The number of aryl methyl sites for hydroxylation is 1. The molecule has 0 bridgehead atoms. The van der Waals surface area contributed by atoms with Crippen LogP contribution in [-0.2, 0) is 16.0 Å². The van der Waals surface area contributed by atoms with Gasteiger partial charge < -0.3 is 9.84 Å². The highest BCUT2D eigenvalue weighted by Gasteiger charge is 2.50. The Bertz CT molecular complexity index is 566. The first-order chi connectivity index (χ1) is 9.97. The highest BCUT2D eigenvalue weighted by Crippen LogP contribution is 2.55. The van der Waals surface area contributed by atoms with E-state index in [0.29, 0.717) is 23.5 Å². The largest absolute Gasteiger partial charge is 0.508 e. The van der Waals surface area contributed by atoms with E-state index in [4.69, 9.17) is 4.74 Å². The van der Waals surface area contributed by atoms with Crippen LogP contribution in [0.3, 0.4) is 0 Å². The standard InChI is InChI=1S/C18H24O3/c1-11-14-6-4-12-10-13(19)5-7-15(12)16(14)8-9-18(11,2)17(20)21-3/h5,7,10-11,14,16,19H,4,6,8-9H2,1-3H3/t11?,14?,16?,18-/m1/s1. The molecule has 1 saturated carbocycles. The molecule has 1 N–H and O–H groups in total. The molecule has 4 atom stereocenters. The lowest BCUT2D eigenvalue weighted by atomic mass is 9.55. The third-order valence-electron chi connectivity index (χ3n) is 6.06. The molecule has 3 heteroatoms. The Hall–Kier alpha value is -1.51. The number of benzene rings is 1. The normalized spacial score (nSPS) is 34.7. The zero-order chi connectivity index (χ0) is 15.2. The Balaban J connectivity index is 1.93. The lowest BCUT2D eigenvalue weighted by Gasteiger charge is -2.49. The van der Waals surface area contributed by atoms with E-state index in [-0.39, 0.29) is 11.4 Å². The van der Waals surface area contributed by atoms with Gasteiger partial charge in [0.15, 0.2) is 0 Å². The Kier molecular flexibility index (Phi) is 3.46. The summed E-state index contributed by atoms with van der Waals surface area (Å²) in [7, 11) is 1.49. The van der Waals surface area contributed by atoms with Gasteiger partial charge in [0, 0.05) is 0 Å². The minimum absolute atomic E-state index is 0.0649. The van der Waals surface area contributed by atoms with Crippen LogP contribution in [0, 0.1) is 17.3 Å². The summed E-state index contributed by atoms with van der Waals surface area (Å²) in [6, 6.07) is 5.78. The Morgan fingerprint density at radius 3 is 2.86 bits per heavy atom. The maximum atomic E-state index is 12.2. The minimum atomic E-state index is -0.357. The maximum absolute atomic E-state index is 12.2. The van der Waals surface area contributed by atoms with Gasteiger partial charge in [0.2, 0.25) is 0 Å². The maximum Gasteiger partial charge on any atom is 0.311 e. The van der Waals surface area contributed by atoms with E-state index in [9.17, 15) is 9.90 Å². The molecule has 1 fully saturated rings. The van der Waals surface area contributed by atoms with Gasteiger partial charge in [-0.1, -0.05) is 13.0 Å². The van der Waals surface area contributed by atoms with E-state index >= 15 is 0 Å². The number of aromatic hydroxyl groups is 1. The van der Waals surface area contributed by atoms with E-state index in [1.807, 2.05) is 6.07 Å². The molecule has 0 radical (unpaired) electrons. The molecule has 0 aromatic heterocycles. The first-order valence-corrected chi connectivity index (χ1v) is 7.87. The first kappa shape index (κ1) is 14.4. The van der Waals surface area contributed by atoms with Crippen LogP contribution in [0.5, 0.6) is 5.75 Å². The molecule has 0 heterocycles. The Morgan fingerprint density at radius 1 is 1.38 bits per heavy atom. The monoisotopic (exact) mass is 288 g/mol. The van der Waals surface area contributed by atoms with Gasteiger partial charge in [-0.3, -0.25) is 4.79 Å². The second-order valence-corrected chi connectivity index (χ2v) is 6.93. The van der Waals surface area contributed by atoms with Gasteiger partial charge in [-0.15, -0.1) is 0 Å². The van der Waals surface area contributed by atoms with Crippen molar-refractivity contribution in [1.29, 1.82) is 0 Å². The number of phenolic OH excluding ortho intramolecular Hbond substituents is 1. The summed E-state index contributed by atoms with van der Waals surface area (Å²) in [6.45, 7) is 4.27. The predicted octanol–water partition coefficient (Wildman–Crippen LogP) is 3.65. The number of phenols is 1. The summed E-state index contributed by atoms with van der Waals surface area (Å²) < 4.78 is 5.06. The van der Waals surface area contributed by atoms with Crippen molar-refractivity contribution in [3.8, 4) is 5.75 Å². The van der Waals surface area contributed by atoms with Crippen LogP contribution in [0.2, 0.25) is 0 Å². The average molecular weight is 288 g/mol. The molecule has 2 aliphatic rings. The molecule has 1 aromatic rings. The molecule has 3 nitrogen and oxygen atoms in total. The van der Waals surface area contributed by atoms with E-state index in [2.05, 4.69) is 19.9 Å². The minimum Gasteiger partial charge on any atom is -0.508 e. The van der Waals surface area contributed by atoms with Crippen LogP contribution in [0.1, 0.15) is 50.2 Å². The fraction of sp³-hybridized carbons (Fsp3) is 0.611. The van der Waals surface area contributed by atoms with Crippen LogP contribution in [0.25, 0.3) is 0 Å². The number of fused-ring (bicyclic) bond motifs is 3. The molecule has 0 spiro atoms. The van der Waals surface area contributed by atoms with E-state index in [1.54, 1.807) is 6.07 Å². The van der Waals surface area contributed by atoms with Crippen molar-refractivity contribution in [3.05, 3.63) is 29.3 Å². The van der Waals surface area contributed by atoms with Crippen molar-refractivity contribution in [2.45, 2.75) is 45.4 Å². The lowest BCUT2D eigenvalue weighted by molar-refractivity contribution is -0.159. The molecule has 114 valence electrons. The third-order valence-corrected chi connectivity index (χ3v) is 6.06. The smallest absolute Gasteiger partial charge is 0.311 e. The fourth-order valence-corrected chi connectivity index (χ4v) is 4.57. The van der Waals surface area contributed by atoms with Gasteiger partial charge in [0.25, 0.3) is 0 Å². The summed E-state index contributed by atoms with van der Waals surface area (Å²) >= 11 is 0. The summed E-state index contributed by atoms with van der Waals surface area (Å²) in [5.74, 6) is 1.66. The number of methoxy groups -OCH3 is 1. The number of hydrogen-bond acceptors (Lipinski definition) is 3. The first-order valence-electron chi connectivity index (χ1n) is 7.87. The highest BCUT2D eigenvalue weighted by molar-refractivity contribution is 5.77. The number of hydrogen-bond donors (Lipinski definition) is 1. The second kappa shape index (κ2) is 5.04. The molecule has 1 aromatic carbocycles. The lowest BCUT2D eigenvalue weighted by Crippen LogP contribution is -2.46. The van der Waals surface area contributed by atoms with Gasteiger partial charge in [-0.05, 0) is 73.6 Å². The SMILES string of the molecule is COC(=O)[C@]1(C)CCC2c3ccc(O)cc3CCC2C1C. The number of esters is 1. The number of carbonyl (C=O) groups excluding carboxylic acids is 1. The van der Waals surface area contributed by atoms with Gasteiger partial charge >= 0.3 is 5.97 Å². The van der Waals surface area contributed by atoms with Crippen LogP contribution < -0.4 is 0 Å². The number of ether oxygens (including phenoxy) is 1. The van der Waals surface area contributed by atoms with Gasteiger partial charge in [-0.25, -0.2) is 0 Å². The molecular weight excluding hydrogens is 264 g/mol. The quantitative estimate of drug-likeness (QED) is 0.802. The van der Waals surface area contributed by atoms with Gasteiger partial charge in [-0.2, -0.15) is 0 Å².